The van der Waals surface area contributed by atoms with Crippen LogP contribution in [0.15, 0.2) is 36.4 Å². The Morgan fingerprint density at radius 2 is 1.91 bits per heavy atom. The molecule has 3 heterocycles. The first-order valence-electron chi connectivity index (χ1n) is 10.6. The van der Waals surface area contributed by atoms with Crippen molar-refractivity contribution in [3.8, 4) is 0 Å². The van der Waals surface area contributed by atoms with Crippen LogP contribution in [0.2, 0.25) is 10.0 Å². The molecule has 174 valence electrons. The maximum absolute atomic E-state index is 14.6. The Morgan fingerprint density at radius 3 is 2.52 bits per heavy atom. The molecule has 3 aromatic rings. The quantitative estimate of drug-likeness (QED) is 0.419. The summed E-state index contributed by atoms with van der Waals surface area (Å²) in [5.41, 5.74) is 0.714. The van der Waals surface area contributed by atoms with Gasteiger partial charge in [-0.25, -0.2) is 9.37 Å². The van der Waals surface area contributed by atoms with Gasteiger partial charge in [0.1, 0.15) is 11.6 Å². The van der Waals surface area contributed by atoms with Gasteiger partial charge >= 0.3 is 5.97 Å². The zero-order valence-corrected chi connectivity index (χ0v) is 19.5. The van der Waals surface area contributed by atoms with E-state index in [2.05, 4.69) is 25.4 Å². The third kappa shape index (κ3) is 5.29. The Bertz CT molecular complexity index is 1140. The van der Waals surface area contributed by atoms with Crippen LogP contribution in [-0.4, -0.2) is 44.2 Å². The number of carboxylic acid groups (broad SMARTS) is 1. The molecule has 1 saturated heterocycles. The first kappa shape index (κ1) is 23.5. The molecule has 0 unspecified atom stereocenters. The highest BCUT2D eigenvalue weighted by molar-refractivity contribution is 6.35. The van der Waals surface area contributed by atoms with Crippen molar-refractivity contribution >= 4 is 40.8 Å². The molecule has 0 aliphatic carbocycles. The van der Waals surface area contributed by atoms with Crippen molar-refractivity contribution in [3.05, 3.63) is 69.2 Å². The number of hydrogen-bond acceptors (Lipinski definition) is 5. The molecule has 3 N–H and O–H groups in total. The number of anilines is 2. The summed E-state index contributed by atoms with van der Waals surface area (Å²) >= 11 is 12.6. The number of aliphatic carboxylic acids is 1. The van der Waals surface area contributed by atoms with Crippen LogP contribution in [0.5, 0.6) is 0 Å². The first-order chi connectivity index (χ1) is 15.8. The highest BCUT2D eigenvalue weighted by Crippen LogP contribution is 2.37. The minimum Gasteiger partial charge on any atom is -0.481 e. The summed E-state index contributed by atoms with van der Waals surface area (Å²) in [5.74, 6) is -0.508. The third-order valence-corrected chi connectivity index (χ3v) is 6.81. The summed E-state index contributed by atoms with van der Waals surface area (Å²) < 4.78 is 14.6. The summed E-state index contributed by atoms with van der Waals surface area (Å²) in [7, 11) is 0. The molecule has 1 fully saturated rings. The fourth-order valence-electron chi connectivity index (χ4n) is 4.12. The lowest BCUT2D eigenvalue weighted by Crippen LogP contribution is -2.45. The van der Waals surface area contributed by atoms with Crippen LogP contribution >= 0.6 is 23.2 Å². The van der Waals surface area contributed by atoms with E-state index < -0.39 is 17.2 Å². The SMILES string of the molecule is Cc1cc(Nc2ccc(F)c(CC3(C(=O)O)CCN(Cc4c(Cl)cccc4Cl)CC3)n2)n[nH]1. The molecule has 0 radical (unpaired) electrons. The number of likely N-dealkylation sites (tertiary alicyclic amines) is 1. The number of piperidine rings is 1. The molecule has 0 bridgehead atoms. The predicted octanol–water partition coefficient (Wildman–Crippen LogP) is 5.21. The molecular weight excluding hydrogens is 468 g/mol. The molecule has 1 aliphatic rings. The van der Waals surface area contributed by atoms with Crippen molar-refractivity contribution in [1.82, 2.24) is 20.1 Å². The van der Waals surface area contributed by atoms with Gasteiger partial charge in [0.05, 0.1) is 11.1 Å². The summed E-state index contributed by atoms with van der Waals surface area (Å²) in [5, 5.41) is 21.2. The van der Waals surface area contributed by atoms with Crippen molar-refractivity contribution in [2.75, 3.05) is 18.4 Å². The molecule has 1 aliphatic heterocycles. The van der Waals surface area contributed by atoms with Gasteiger partial charge in [0.2, 0.25) is 0 Å². The molecular formula is C23H24Cl2FN5O2. The molecule has 10 heteroatoms. The van der Waals surface area contributed by atoms with Crippen molar-refractivity contribution in [1.29, 1.82) is 0 Å². The fraction of sp³-hybridized carbons (Fsp3) is 0.348. The smallest absolute Gasteiger partial charge is 0.310 e. The highest BCUT2D eigenvalue weighted by atomic mass is 35.5. The number of H-pyrrole nitrogens is 1. The standard InChI is InChI=1S/C23H24Cl2FN5O2/c1-14-11-21(30-29-14)28-20-6-5-18(26)19(27-20)12-23(22(32)33)7-9-31(10-8-23)13-15-16(24)3-2-4-17(15)25/h2-6,11H,7-10,12-13H2,1H3,(H,32,33)(H2,27,28,29,30). The van der Waals surface area contributed by atoms with Crippen molar-refractivity contribution < 1.29 is 14.3 Å². The number of aromatic nitrogens is 3. The zero-order chi connectivity index (χ0) is 23.6. The Labute approximate surface area is 200 Å². The highest BCUT2D eigenvalue weighted by Gasteiger charge is 2.42. The van der Waals surface area contributed by atoms with E-state index in [0.717, 1.165) is 11.3 Å². The summed E-state index contributed by atoms with van der Waals surface area (Å²) in [6.45, 7) is 3.45. The number of hydrogen-bond donors (Lipinski definition) is 3. The van der Waals surface area contributed by atoms with Gasteiger partial charge in [0.15, 0.2) is 5.82 Å². The maximum atomic E-state index is 14.6. The van der Waals surface area contributed by atoms with Gasteiger partial charge in [-0.1, -0.05) is 29.3 Å². The lowest BCUT2D eigenvalue weighted by molar-refractivity contribution is -0.152. The van der Waals surface area contributed by atoms with Crippen molar-refractivity contribution in [2.24, 2.45) is 5.41 Å². The predicted molar refractivity (Wildman–Crippen MR) is 126 cm³/mol. The number of rotatable bonds is 7. The number of aryl methyl sites for hydroxylation is 1. The molecule has 0 saturated carbocycles. The minimum absolute atomic E-state index is 0.00394. The van der Waals surface area contributed by atoms with Gasteiger partial charge in [0, 0.05) is 40.3 Å². The number of halogens is 3. The van der Waals surface area contributed by atoms with Gasteiger partial charge in [-0.15, -0.1) is 0 Å². The second-order valence-electron chi connectivity index (χ2n) is 8.42. The molecule has 0 spiro atoms. The number of nitrogens with one attached hydrogen (secondary N) is 2. The van der Waals surface area contributed by atoms with E-state index in [1.165, 1.54) is 12.1 Å². The second kappa shape index (κ2) is 9.67. The third-order valence-electron chi connectivity index (χ3n) is 6.10. The van der Waals surface area contributed by atoms with E-state index in [9.17, 15) is 14.3 Å². The number of carboxylic acids is 1. The molecule has 33 heavy (non-hydrogen) atoms. The fourth-order valence-corrected chi connectivity index (χ4v) is 4.64. The van der Waals surface area contributed by atoms with Crippen LogP contribution in [0, 0.1) is 18.2 Å². The lowest BCUT2D eigenvalue weighted by Gasteiger charge is -2.39. The largest absolute Gasteiger partial charge is 0.481 e. The van der Waals surface area contributed by atoms with Crippen LogP contribution in [0.4, 0.5) is 16.0 Å². The average molecular weight is 492 g/mol. The van der Waals surface area contributed by atoms with Crippen LogP contribution in [0.1, 0.15) is 29.8 Å². The molecule has 0 amide bonds. The molecule has 7 nitrogen and oxygen atoms in total. The molecule has 1 aromatic carbocycles. The Kier molecular flexibility index (Phi) is 6.88. The van der Waals surface area contributed by atoms with Gasteiger partial charge in [-0.05, 0) is 57.1 Å². The maximum Gasteiger partial charge on any atom is 0.310 e. The minimum atomic E-state index is -1.10. The Balaban J connectivity index is 1.48. The zero-order valence-electron chi connectivity index (χ0n) is 18.0. The van der Waals surface area contributed by atoms with E-state index in [-0.39, 0.29) is 12.1 Å². The molecule has 4 rings (SSSR count). The number of pyridine rings is 1. The summed E-state index contributed by atoms with van der Waals surface area (Å²) in [6, 6.07) is 9.96. The lowest BCUT2D eigenvalue weighted by atomic mass is 9.74. The van der Waals surface area contributed by atoms with Crippen molar-refractivity contribution in [3.63, 3.8) is 0 Å². The van der Waals surface area contributed by atoms with Gasteiger partial charge in [0.25, 0.3) is 0 Å². The van der Waals surface area contributed by atoms with Gasteiger partial charge in [-0.3, -0.25) is 14.8 Å². The summed E-state index contributed by atoms with van der Waals surface area (Å²) in [4.78, 5) is 18.8. The Hall–Kier alpha value is -2.68. The molecule has 0 atom stereocenters. The van der Waals surface area contributed by atoms with E-state index in [0.29, 0.717) is 54.2 Å². The van der Waals surface area contributed by atoms with Gasteiger partial charge in [-0.2, -0.15) is 5.10 Å². The van der Waals surface area contributed by atoms with Crippen LogP contribution in [0.25, 0.3) is 0 Å². The van der Waals surface area contributed by atoms with Crippen LogP contribution in [-0.2, 0) is 17.8 Å². The number of nitrogens with zero attached hydrogens (tertiary/aromatic N) is 3. The van der Waals surface area contributed by atoms with Crippen molar-refractivity contribution in [2.45, 2.75) is 32.7 Å². The molecule has 2 aromatic heterocycles. The van der Waals surface area contributed by atoms with E-state index >= 15 is 0 Å². The second-order valence-corrected chi connectivity index (χ2v) is 9.24. The number of benzene rings is 1. The average Bonchev–Trinajstić information content (AvgIpc) is 3.19. The Morgan fingerprint density at radius 1 is 1.21 bits per heavy atom. The summed E-state index contributed by atoms with van der Waals surface area (Å²) in [6.07, 6.45) is 0.730. The van der Waals surface area contributed by atoms with E-state index in [4.69, 9.17) is 23.2 Å². The first-order valence-corrected chi connectivity index (χ1v) is 11.3. The number of aromatic amines is 1. The topological polar surface area (TPSA) is 94.1 Å². The van der Waals surface area contributed by atoms with E-state index in [1.807, 2.05) is 6.92 Å². The monoisotopic (exact) mass is 491 g/mol. The van der Waals surface area contributed by atoms with Gasteiger partial charge < -0.3 is 10.4 Å². The van der Waals surface area contributed by atoms with Crippen LogP contribution < -0.4 is 5.32 Å². The van der Waals surface area contributed by atoms with E-state index in [1.54, 1.807) is 24.3 Å². The van der Waals surface area contributed by atoms with Crippen LogP contribution in [0.3, 0.4) is 0 Å². The normalized spacial score (nSPS) is 16.0. The number of carbonyl (C=O) groups is 1.